The van der Waals surface area contributed by atoms with E-state index in [1.807, 2.05) is 16.7 Å². The molecule has 4 bridgehead atoms. The van der Waals surface area contributed by atoms with Crippen LogP contribution in [0.25, 0.3) is 0 Å². The Bertz CT molecular complexity index is 1220. The maximum Gasteiger partial charge on any atom is 0.239 e. The first-order valence-corrected chi connectivity index (χ1v) is 18.1. The minimum Gasteiger partial charge on any atom is -0.356 e. The van der Waals surface area contributed by atoms with Crippen molar-refractivity contribution in [3.8, 4) is 0 Å². The molecule has 2 saturated heterocycles. The first kappa shape index (κ1) is 33.8. The van der Waals surface area contributed by atoms with E-state index in [9.17, 15) is 19.2 Å². The Labute approximate surface area is 272 Å². The van der Waals surface area contributed by atoms with Gasteiger partial charge in [-0.05, 0) is 63.7 Å². The lowest BCUT2D eigenvalue weighted by Gasteiger charge is -2.42. The molecule has 5 aliphatic rings. The van der Waals surface area contributed by atoms with Crippen LogP contribution in [0.3, 0.4) is 0 Å². The third kappa shape index (κ3) is 9.05. The van der Waals surface area contributed by atoms with Crippen molar-refractivity contribution in [1.82, 2.24) is 30.7 Å². The van der Waals surface area contributed by atoms with Gasteiger partial charge in [-0.25, -0.2) is 4.98 Å². The summed E-state index contributed by atoms with van der Waals surface area (Å²) in [6, 6.07) is 0.145. The summed E-state index contributed by atoms with van der Waals surface area (Å²) < 4.78 is 0. The predicted molar refractivity (Wildman–Crippen MR) is 176 cm³/mol. The molecular formula is C34H54N6O4S. The van der Waals surface area contributed by atoms with E-state index in [0.717, 1.165) is 54.4 Å². The second kappa shape index (κ2) is 14.5. The van der Waals surface area contributed by atoms with Gasteiger partial charge in [0.1, 0.15) is 0 Å². The standard InChI is InChI=1S/C34H54N6O4S/c1-23-27-20-28(41)38-34(13-18-39(19-14-34)30(43)22-33(2,3)4)21-29(42)35-15-7-10-26(36-25-8-5-6-9-25)32(44)40-16-11-24(12-17-40)31(37-27)45-23/h24-26,36H,5-22H2,1-4H3,(H,35,42)(H,38,41)/t26-/m0/s1. The Balaban J connectivity index is 1.32. The minimum absolute atomic E-state index is 0.101. The Morgan fingerprint density at radius 3 is 2.33 bits per heavy atom. The van der Waals surface area contributed by atoms with E-state index < -0.39 is 5.54 Å². The van der Waals surface area contributed by atoms with E-state index in [2.05, 4.69) is 36.7 Å². The molecule has 0 unspecified atom stereocenters. The number of rotatable bonds is 3. The number of hydrogen-bond acceptors (Lipinski definition) is 7. The zero-order chi connectivity index (χ0) is 32.2. The average Bonchev–Trinajstić information content (AvgIpc) is 3.62. The molecule has 0 aromatic carbocycles. The second-order valence-corrected chi connectivity index (χ2v) is 16.4. The summed E-state index contributed by atoms with van der Waals surface area (Å²) in [5.74, 6) is 0.360. The average molecular weight is 643 g/mol. The van der Waals surface area contributed by atoms with Crippen molar-refractivity contribution in [2.75, 3.05) is 32.7 Å². The van der Waals surface area contributed by atoms with Gasteiger partial charge < -0.3 is 25.8 Å². The van der Waals surface area contributed by atoms with Crippen LogP contribution in [0, 0.1) is 12.3 Å². The lowest BCUT2D eigenvalue weighted by molar-refractivity contribution is -0.136. The SMILES string of the molecule is Cc1sc2nc1CC(=O)NC1(CCN(C(=O)CC(C)(C)C)CC1)CC(=O)NCCC[C@H](NC1CCCC1)C(=O)N1CCC2CC1. The van der Waals surface area contributed by atoms with Gasteiger partial charge in [0.25, 0.3) is 0 Å². The van der Waals surface area contributed by atoms with Gasteiger partial charge in [-0.15, -0.1) is 11.3 Å². The lowest BCUT2D eigenvalue weighted by Crippen LogP contribution is -2.58. The largest absolute Gasteiger partial charge is 0.356 e. The van der Waals surface area contributed by atoms with Gasteiger partial charge in [0, 0.05) is 62.4 Å². The van der Waals surface area contributed by atoms with E-state index in [0.29, 0.717) is 63.7 Å². The number of nitrogens with one attached hydrogen (secondary N) is 3. The first-order valence-electron chi connectivity index (χ1n) is 17.3. The van der Waals surface area contributed by atoms with E-state index >= 15 is 0 Å². The van der Waals surface area contributed by atoms with Crippen LogP contribution in [0.5, 0.6) is 0 Å². The molecule has 1 aliphatic carbocycles. The summed E-state index contributed by atoms with van der Waals surface area (Å²) in [5, 5.41) is 11.1. The number of thiazole rings is 1. The smallest absolute Gasteiger partial charge is 0.239 e. The van der Waals surface area contributed by atoms with Gasteiger partial charge >= 0.3 is 0 Å². The maximum atomic E-state index is 13.8. The van der Waals surface area contributed by atoms with Gasteiger partial charge in [0.05, 0.1) is 28.7 Å². The molecule has 4 amide bonds. The number of piperidine rings is 2. The van der Waals surface area contributed by atoms with Gasteiger partial charge in [-0.3, -0.25) is 19.2 Å². The van der Waals surface area contributed by atoms with Crippen molar-refractivity contribution >= 4 is 35.0 Å². The highest BCUT2D eigenvalue weighted by Crippen LogP contribution is 2.34. The maximum absolute atomic E-state index is 13.8. The summed E-state index contributed by atoms with van der Waals surface area (Å²) in [6.45, 7) is 11.1. The van der Waals surface area contributed by atoms with E-state index in [1.165, 1.54) is 12.8 Å². The Morgan fingerprint density at radius 2 is 1.67 bits per heavy atom. The number of aryl methyl sites for hydroxylation is 1. The highest BCUT2D eigenvalue weighted by Gasteiger charge is 2.40. The molecule has 1 saturated carbocycles. The van der Waals surface area contributed by atoms with Crippen LogP contribution in [0.4, 0.5) is 0 Å². The van der Waals surface area contributed by atoms with E-state index in [-0.39, 0.29) is 47.9 Å². The van der Waals surface area contributed by atoms with Crippen molar-refractivity contribution in [2.45, 2.75) is 135 Å². The molecule has 1 aromatic rings. The highest BCUT2D eigenvalue weighted by atomic mass is 32.1. The number of hydrogen-bond donors (Lipinski definition) is 3. The van der Waals surface area contributed by atoms with Crippen molar-refractivity contribution < 1.29 is 19.2 Å². The number of amides is 4. The van der Waals surface area contributed by atoms with Crippen LogP contribution in [0.15, 0.2) is 0 Å². The number of carbonyl (C=O) groups is 4. The molecule has 1 atom stereocenters. The summed E-state index contributed by atoms with van der Waals surface area (Å²) >= 11 is 1.67. The molecule has 5 heterocycles. The summed E-state index contributed by atoms with van der Waals surface area (Å²) in [4.78, 5) is 63.5. The Kier molecular flexibility index (Phi) is 10.9. The topological polar surface area (TPSA) is 124 Å². The van der Waals surface area contributed by atoms with E-state index in [4.69, 9.17) is 4.98 Å². The molecule has 4 aliphatic heterocycles. The monoisotopic (exact) mass is 642 g/mol. The summed E-state index contributed by atoms with van der Waals surface area (Å²) in [6.07, 6.45) is 9.64. The van der Waals surface area contributed by atoms with Crippen molar-refractivity contribution in [3.63, 3.8) is 0 Å². The van der Waals surface area contributed by atoms with Crippen LogP contribution < -0.4 is 16.0 Å². The molecule has 45 heavy (non-hydrogen) atoms. The lowest BCUT2D eigenvalue weighted by atomic mass is 9.83. The zero-order valence-electron chi connectivity index (χ0n) is 27.8. The van der Waals surface area contributed by atoms with Gasteiger partial charge in [-0.1, -0.05) is 33.6 Å². The molecule has 0 radical (unpaired) electrons. The van der Waals surface area contributed by atoms with Gasteiger partial charge in [0.2, 0.25) is 23.6 Å². The van der Waals surface area contributed by atoms with Crippen molar-refractivity contribution in [2.24, 2.45) is 5.41 Å². The normalized spacial score (nSPS) is 24.7. The van der Waals surface area contributed by atoms with Crippen LogP contribution >= 0.6 is 11.3 Å². The molecule has 1 spiro atoms. The zero-order valence-corrected chi connectivity index (χ0v) is 28.7. The first-order chi connectivity index (χ1) is 21.4. The minimum atomic E-state index is -0.718. The number of likely N-dealkylation sites (tertiary alicyclic amines) is 1. The van der Waals surface area contributed by atoms with Gasteiger partial charge in [-0.2, -0.15) is 0 Å². The molecule has 3 fully saturated rings. The summed E-state index contributed by atoms with van der Waals surface area (Å²) in [5.41, 5.74) is -0.0255. The van der Waals surface area contributed by atoms with Crippen LogP contribution in [0.1, 0.15) is 119 Å². The fourth-order valence-electron chi connectivity index (χ4n) is 7.50. The van der Waals surface area contributed by atoms with Crippen LogP contribution in [0.2, 0.25) is 0 Å². The summed E-state index contributed by atoms with van der Waals surface area (Å²) in [7, 11) is 0. The third-order valence-corrected chi connectivity index (χ3v) is 11.3. The van der Waals surface area contributed by atoms with Crippen LogP contribution in [-0.4, -0.2) is 88.8 Å². The second-order valence-electron chi connectivity index (χ2n) is 15.1. The number of carbonyl (C=O) groups excluding carboxylic acids is 4. The predicted octanol–water partition coefficient (Wildman–Crippen LogP) is 3.81. The molecular weight excluding hydrogens is 588 g/mol. The molecule has 1 aromatic heterocycles. The molecule has 3 N–H and O–H groups in total. The van der Waals surface area contributed by atoms with Gasteiger partial charge in [0.15, 0.2) is 0 Å². The number of fused-ring (bicyclic) bond motifs is 11. The third-order valence-electron chi connectivity index (χ3n) is 10.1. The van der Waals surface area contributed by atoms with Crippen molar-refractivity contribution in [3.05, 3.63) is 15.6 Å². The fraction of sp³-hybridized carbons (Fsp3) is 0.794. The quantitative estimate of drug-likeness (QED) is 0.461. The highest BCUT2D eigenvalue weighted by molar-refractivity contribution is 7.11. The fourth-order valence-corrected chi connectivity index (χ4v) is 8.61. The number of nitrogens with zero attached hydrogens (tertiary/aromatic N) is 3. The molecule has 6 rings (SSSR count). The molecule has 10 nitrogen and oxygen atoms in total. The van der Waals surface area contributed by atoms with Crippen LogP contribution in [-0.2, 0) is 25.6 Å². The Morgan fingerprint density at radius 1 is 0.978 bits per heavy atom. The molecule has 250 valence electrons. The van der Waals surface area contributed by atoms with Crippen molar-refractivity contribution in [1.29, 1.82) is 0 Å². The number of aromatic nitrogens is 1. The Hall–Kier alpha value is -2.53. The molecule has 11 heteroatoms. The van der Waals surface area contributed by atoms with E-state index in [1.54, 1.807) is 11.3 Å².